The highest BCUT2D eigenvalue weighted by Crippen LogP contribution is 2.44. The number of rotatable bonds is 1. The van der Waals surface area contributed by atoms with Crippen molar-refractivity contribution in [2.45, 2.75) is 80.8 Å². The fraction of sp³-hybridized carbons (Fsp3) is 0.389. The van der Waals surface area contributed by atoms with Gasteiger partial charge in [-0.2, -0.15) is 0 Å². The minimum atomic E-state index is -0.511. The lowest BCUT2D eigenvalue weighted by atomic mass is 9.73. The standard InChI is InChI=1S/C14H15ClN2O2.2C11H11NO/c15-10-3-1-4-11(9-10)16-13(19)17-8-2-6-14(17)7-5-12(14)18;2*13-10-5-6-11(10)7-8-3-1-2-4-9(8)12-11/h1,3-4,9H,2,5-8H2,(H,16,19);2*1-4,12H,5-7H2. The predicted octanol–water partition coefficient (Wildman–Crippen LogP) is 6.58. The molecule has 2 amide bonds. The monoisotopic (exact) mass is 624 g/mol. The molecule has 3 aliphatic heterocycles. The lowest BCUT2D eigenvalue weighted by Crippen LogP contribution is -2.60. The first-order valence-corrected chi connectivity index (χ1v) is 16.3. The van der Waals surface area contributed by atoms with Gasteiger partial charge in [0.2, 0.25) is 0 Å². The van der Waals surface area contributed by atoms with Gasteiger partial charge in [-0.05, 0) is 73.6 Å². The van der Waals surface area contributed by atoms with Crippen LogP contribution in [0.2, 0.25) is 5.02 Å². The summed E-state index contributed by atoms with van der Waals surface area (Å²) in [6.07, 6.45) is 8.38. The van der Waals surface area contributed by atoms with Gasteiger partial charge >= 0.3 is 6.03 Å². The van der Waals surface area contributed by atoms with E-state index in [1.807, 2.05) is 24.3 Å². The first-order valence-electron chi connectivity index (χ1n) is 15.9. The van der Waals surface area contributed by atoms with Crippen LogP contribution in [0.5, 0.6) is 0 Å². The molecule has 3 spiro atoms. The molecule has 232 valence electrons. The van der Waals surface area contributed by atoms with Gasteiger partial charge in [-0.15, -0.1) is 0 Å². The topological polar surface area (TPSA) is 108 Å². The van der Waals surface area contributed by atoms with E-state index in [1.54, 1.807) is 29.2 Å². The zero-order valence-electron chi connectivity index (χ0n) is 25.2. The Bertz CT molecular complexity index is 1580. The van der Waals surface area contributed by atoms with E-state index in [1.165, 1.54) is 11.1 Å². The number of hydrogen-bond acceptors (Lipinski definition) is 6. The number of fused-ring (bicyclic) bond motifs is 2. The van der Waals surface area contributed by atoms with Crippen molar-refractivity contribution < 1.29 is 19.2 Å². The van der Waals surface area contributed by atoms with Gasteiger partial charge in [0, 0.05) is 60.7 Å². The average molecular weight is 625 g/mol. The Kier molecular flexibility index (Phi) is 7.43. The summed E-state index contributed by atoms with van der Waals surface area (Å²) in [5.74, 6) is 0.957. The van der Waals surface area contributed by atoms with Gasteiger partial charge in [0.05, 0.1) is 0 Å². The Morgan fingerprint density at radius 1 is 0.711 bits per heavy atom. The maximum Gasteiger partial charge on any atom is 0.322 e. The molecule has 3 N–H and O–H groups in total. The summed E-state index contributed by atoms with van der Waals surface area (Å²) in [5.41, 5.74) is 4.61. The highest BCUT2D eigenvalue weighted by Gasteiger charge is 2.55. The number of urea groups is 1. The Balaban J connectivity index is 0.000000111. The third-order valence-corrected chi connectivity index (χ3v) is 10.7. The molecule has 8 nitrogen and oxygen atoms in total. The number of nitrogens with zero attached hydrogens (tertiary/aromatic N) is 1. The van der Waals surface area contributed by atoms with Crippen molar-refractivity contribution in [2.24, 2.45) is 0 Å². The molecule has 0 bridgehead atoms. The number of nitrogens with one attached hydrogen (secondary N) is 3. The first kappa shape index (κ1) is 29.5. The lowest BCUT2D eigenvalue weighted by molar-refractivity contribution is -0.137. The van der Waals surface area contributed by atoms with Crippen LogP contribution in [-0.4, -0.2) is 51.4 Å². The van der Waals surface area contributed by atoms with Crippen LogP contribution in [-0.2, 0) is 27.2 Å². The Hall–Kier alpha value is -4.17. The molecule has 4 fully saturated rings. The fourth-order valence-electron chi connectivity index (χ4n) is 7.54. The van der Waals surface area contributed by atoms with Crippen molar-refractivity contribution in [3.05, 3.63) is 88.9 Å². The highest BCUT2D eigenvalue weighted by molar-refractivity contribution is 6.30. The van der Waals surface area contributed by atoms with Crippen molar-refractivity contribution in [3.8, 4) is 0 Å². The van der Waals surface area contributed by atoms with E-state index in [0.717, 1.165) is 69.2 Å². The largest absolute Gasteiger partial charge is 0.372 e. The molecule has 3 saturated carbocycles. The summed E-state index contributed by atoms with van der Waals surface area (Å²) in [4.78, 5) is 48.7. The van der Waals surface area contributed by atoms with Gasteiger partial charge in [0.15, 0.2) is 17.3 Å². The van der Waals surface area contributed by atoms with Crippen LogP contribution in [0.25, 0.3) is 0 Å². The van der Waals surface area contributed by atoms with Gasteiger partial charge < -0.3 is 20.9 Å². The van der Waals surface area contributed by atoms with Crippen LogP contribution >= 0.6 is 11.6 Å². The number of Topliss-reactive ketones (excluding diaryl/α,β-unsaturated/α-hetero) is 3. The van der Waals surface area contributed by atoms with E-state index >= 15 is 0 Å². The van der Waals surface area contributed by atoms with Crippen LogP contribution in [0.1, 0.15) is 62.5 Å². The number of hydrogen-bond donors (Lipinski definition) is 3. The molecule has 3 unspecified atom stereocenters. The number of ketones is 3. The van der Waals surface area contributed by atoms with E-state index in [2.05, 4.69) is 40.2 Å². The molecule has 0 aromatic heterocycles. The summed E-state index contributed by atoms with van der Waals surface area (Å²) < 4.78 is 0. The second-order valence-electron chi connectivity index (χ2n) is 13.1. The van der Waals surface area contributed by atoms with Crippen LogP contribution in [0, 0.1) is 0 Å². The van der Waals surface area contributed by atoms with Crippen LogP contribution in [0.4, 0.5) is 21.9 Å². The van der Waals surface area contributed by atoms with Crippen molar-refractivity contribution in [2.75, 3.05) is 22.5 Å². The van der Waals surface area contributed by atoms with E-state index in [-0.39, 0.29) is 22.9 Å². The van der Waals surface area contributed by atoms with Crippen LogP contribution in [0.15, 0.2) is 72.8 Å². The summed E-state index contributed by atoms with van der Waals surface area (Å²) in [7, 11) is 0. The number of likely N-dealkylation sites (tertiary alicyclic amines) is 1. The molecule has 6 aliphatic rings. The second-order valence-corrected chi connectivity index (χ2v) is 13.5. The molecule has 45 heavy (non-hydrogen) atoms. The molecule has 3 heterocycles. The Morgan fingerprint density at radius 3 is 1.73 bits per heavy atom. The maximum atomic E-state index is 12.3. The highest BCUT2D eigenvalue weighted by atomic mass is 35.5. The smallest absolute Gasteiger partial charge is 0.322 e. The first-order chi connectivity index (χ1) is 21.7. The third-order valence-electron chi connectivity index (χ3n) is 10.5. The summed E-state index contributed by atoms with van der Waals surface area (Å²) >= 11 is 5.89. The van der Waals surface area contributed by atoms with Crippen LogP contribution < -0.4 is 16.0 Å². The fourth-order valence-corrected chi connectivity index (χ4v) is 7.73. The maximum absolute atomic E-state index is 12.3. The molecule has 3 atom stereocenters. The van der Waals surface area contributed by atoms with E-state index in [9.17, 15) is 19.2 Å². The van der Waals surface area contributed by atoms with E-state index in [0.29, 0.717) is 35.2 Å². The van der Waals surface area contributed by atoms with Gasteiger partial charge in [-0.3, -0.25) is 14.4 Å². The molecule has 1 saturated heterocycles. The molecular weight excluding hydrogens is 588 g/mol. The molecular formula is C36H37ClN4O4. The molecule has 0 radical (unpaired) electrons. The summed E-state index contributed by atoms with van der Waals surface area (Å²) in [6, 6.07) is 23.2. The number of anilines is 3. The molecule has 3 aromatic carbocycles. The summed E-state index contributed by atoms with van der Waals surface area (Å²) in [6.45, 7) is 0.651. The average Bonchev–Trinajstić information content (AvgIpc) is 3.79. The molecule has 9 rings (SSSR count). The summed E-state index contributed by atoms with van der Waals surface area (Å²) in [5, 5.41) is 10.1. The van der Waals surface area contributed by atoms with Crippen molar-refractivity contribution in [1.82, 2.24) is 4.90 Å². The lowest BCUT2D eigenvalue weighted by Gasteiger charge is -2.43. The Labute approximate surface area is 267 Å². The minimum absolute atomic E-state index is 0.200. The molecule has 9 heteroatoms. The number of halogens is 1. The molecule has 3 aliphatic carbocycles. The predicted molar refractivity (Wildman–Crippen MR) is 175 cm³/mol. The number of amides is 2. The van der Waals surface area contributed by atoms with Gasteiger partial charge in [0.1, 0.15) is 16.6 Å². The van der Waals surface area contributed by atoms with E-state index < -0.39 is 5.54 Å². The SMILES string of the molecule is O=C(Nc1cccc(Cl)c1)N1CCCC12CCC2=O.O=C1CCC12Cc1ccccc1N2.O=C1CCC12Cc1ccccc1N2. The zero-order chi connectivity index (χ0) is 31.2. The minimum Gasteiger partial charge on any atom is -0.372 e. The number of carbonyl (C=O) groups excluding carboxylic acids is 4. The van der Waals surface area contributed by atoms with Crippen molar-refractivity contribution >= 4 is 52.0 Å². The van der Waals surface area contributed by atoms with E-state index in [4.69, 9.17) is 11.6 Å². The zero-order valence-corrected chi connectivity index (χ0v) is 25.9. The number of benzene rings is 3. The van der Waals surface area contributed by atoms with Gasteiger partial charge in [0.25, 0.3) is 0 Å². The molecule has 3 aromatic rings. The van der Waals surface area contributed by atoms with Crippen molar-refractivity contribution in [1.29, 1.82) is 0 Å². The van der Waals surface area contributed by atoms with Gasteiger partial charge in [-0.1, -0.05) is 54.1 Å². The van der Waals surface area contributed by atoms with Crippen molar-refractivity contribution in [3.63, 3.8) is 0 Å². The second kappa shape index (κ2) is 11.3. The van der Waals surface area contributed by atoms with Crippen LogP contribution in [0.3, 0.4) is 0 Å². The number of para-hydroxylation sites is 2. The quantitative estimate of drug-likeness (QED) is 0.282. The Morgan fingerprint density at radius 2 is 1.29 bits per heavy atom. The normalized spacial score (nSPS) is 27.9. The van der Waals surface area contributed by atoms with Gasteiger partial charge in [-0.25, -0.2) is 4.79 Å². The number of carbonyl (C=O) groups is 4. The third kappa shape index (κ3) is 5.19.